The van der Waals surface area contributed by atoms with Gasteiger partial charge < -0.3 is 9.80 Å². The highest BCUT2D eigenvalue weighted by molar-refractivity contribution is 6.30. The number of nitrogens with zero attached hydrogens (tertiary/aromatic N) is 3. The van der Waals surface area contributed by atoms with Crippen molar-refractivity contribution in [2.45, 2.75) is 33.5 Å². The number of amides is 1. The fourth-order valence-corrected chi connectivity index (χ4v) is 3.00. The van der Waals surface area contributed by atoms with Crippen molar-refractivity contribution in [1.29, 1.82) is 0 Å². The van der Waals surface area contributed by atoms with Crippen molar-refractivity contribution in [3.63, 3.8) is 0 Å². The van der Waals surface area contributed by atoms with E-state index in [2.05, 4.69) is 10.00 Å². The fraction of sp³-hybridized carbons (Fsp3) is 0.474. The van der Waals surface area contributed by atoms with Crippen LogP contribution in [-0.4, -0.2) is 52.1 Å². The van der Waals surface area contributed by atoms with E-state index in [9.17, 15) is 18.0 Å². The van der Waals surface area contributed by atoms with Crippen molar-refractivity contribution < 1.29 is 18.0 Å². The van der Waals surface area contributed by atoms with Gasteiger partial charge in [-0.3, -0.25) is 9.89 Å². The second-order valence-electron chi connectivity index (χ2n) is 6.49. The largest absolute Gasteiger partial charge is 0.432 e. The first-order chi connectivity index (χ1) is 13.2. The number of benzene rings is 1. The molecule has 0 radical (unpaired) electrons. The summed E-state index contributed by atoms with van der Waals surface area (Å²) < 4.78 is 38.5. The fourth-order valence-electron chi connectivity index (χ4n) is 2.81. The number of nitrogens with one attached hydrogen (secondary N) is 1. The zero-order valence-electron chi connectivity index (χ0n) is 16.1. The molecule has 0 spiro atoms. The first-order valence-corrected chi connectivity index (χ1v) is 9.42. The number of aryl methyl sites for hydroxylation is 1. The molecule has 1 amide bonds. The number of hydrogen-bond donors (Lipinski definition) is 1. The number of aromatic amines is 1. The number of rotatable bonds is 8. The van der Waals surface area contributed by atoms with Gasteiger partial charge in [0.2, 0.25) is 0 Å². The summed E-state index contributed by atoms with van der Waals surface area (Å²) in [4.78, 5) is 16.5. The summed E-state index contributed by atoms with van der Waals surface area (Å²) in [7, 11) is 0. The highest BCUT2D eigenvalue weighted by Crippen LogP contribution is 2.28. The molecule has 28 heavy (non-hydrogen) atoms. The summed E-state index contributed by atoms with van der Waals surface area (Å²) in [6.45, 7) is 8.76. The van der Waals surface area contributed by atoms with Crippen LogP contribution in [0.25, 0.3) is 0 Å². The van der Waals surface area contributed by atoms with Crippen LogP contribution < -0.4 is 0 Å². The minimum absolute atomic E-state index is 0.237. The van der Waals surface area contributed by atoms with Gasteiger partial charge in [-0.25, -0.2) is 0 Å². The Morgan fingerprint density at radius 2 is 1.86 bits per heavy atom. The number of carbonyl (C=O) groups is 1. The third-order valence-corrected chi connectivity index (χ3v) is 4.88. The maximum atomic E-state index is 12.9. The van der Waals surface area contributed by atoms with E-state index >= 15 is 0 Å². The van der Waals surface area contributed by atoms with Crippen LogP contribution in [0.4, 0.5) is 13.2 Å². The summed E-state index contributed by atoms with van der Waals surface area (Å²) in [5.74, 6) is -0.557. The number of H-pyrrole nitrogens is 1. The van der Waals surface area contributed by atoms with Gasteiger partial charge in [0.05, 0.1) is 0 Å². The molecular formula is C19H24ClF3N4O. The Hall–Kier alpha value is -2.06. The molecular weight excluding hydrogens is 393 g/mol. The second kappa shape index (κ2) is 9.43. The number of halogens is 4. The van der Waals surface area contributed by atoms with Crippen LogP contribution in [0.15, 0.2) is 24.3 Å². The lowest BCUT2D eigenvalue weighted by molar-refractivity contribution is -0.141. The Balaban J connectivity index is 2.27. The van der Waals surface area contributed by atoms with Crippen LogP contribution >= 0.6 is 11.6 Å². The van der Waals surface area contributed by atoms with Crippen LogP contribution in [0.5, 0.6) is 0 Å². The number of carbonyl (C=O) groups excluding carboxylic acids is 1. The molecule has 2 aromatic rings. The second-order valence-corrected chi connectivity index (χ2v) is 6.93. The molecule has 2 rings (SSSR count). The molecule has 1 N–H and O–H groups in total. The number of hydrogen-bond acceptors (Lipinski definition) is 3. The molecule has 1 aromatic heterocycles. The van der Waals surface area contributed by atoms with E-state index in [0.29, 0.717) is 18.1 Å². The molecule has 0 fully saturated rings. The molecule has 1 heterocycles. The van der Waals surface area contributed by atoms with Gasteiger partial charge in [-0.1, -0.05) is 31.5 Å². The standard InChI is InChI=1S/C19H24ClF3N4O/c1-4-26(5-2)8-9-27(12-14-10-15(20)7-6-13(14)3)18(28)16-11-17(25-24-16)19(21,22)23/h6-7,10-11H,4-5,8-9,12H2,1-3H3,(H,24,25). The molecule has 0 aliphatic heterocycles. The van der Waals surface area contributed by atoms with E-state index in [1.54, 1.807) is 12.1 Å². The Kier molecular flexibility index (Phi) is 7.48. The normalized spacial score (nSPS) is 11.9. The van der Waals surface area contributed by atoms with Gasteiger partial charge in [-0.15, -0.1) is 0 Å². The van der Waals surface area contributed by atoms with Gasteiger partial charge in [0.1, 0.15) is 5.69 Å². The summed E-state index contributed by atoms with van der Waals surface area (Å²) in [5.41, 5.74) is 0.486. The molecule has 0 bridgehead atoms. The van der Waals surface area contributed by atoms with E-state index in [1.165, 1.54) is 4.90 Å². The topological polar surface area (TPSA) is 52.2 Å². The summed E-state index contributed by atoms with van der Waals surface area (Å²) in [5, 5.41) is 6.01. The van der Waals surface area contributed by atoms with Crippen molar-refractivity contribution in [1.82, 2.24) is 20.0 Å². The minimum Gasteiger partial charge on any atom is -0.332 e. The van der Waals surface area contributed by atoms with Crippen molar-refractivity contribution in [3.05, 3.63) is 51.8 Å². The molecule has 0 unspecified atom stereocenters. The predicted octanol–water partition coefficient (Wildman–Crippen LogP) is 4.37. The lowest BCUT2D eigenvalue weighted by atomic mass is 10.1. The van der Waals surface area contributed by atoms with Crippen molar-refractivity contribution in [2.24, 2.45) is 0 Å². The van der Waals surface area contributed by atoms with Gasteiger partial charge in [0.15, 0.2) is 5.69 Å². The van der Waals surface area contributed by atoms with Gasteiger partial charge in [-0.2, -0.15) is 18.3 Å². The zero-order chi connectivity index (χ0) is 20.9. The molecule has 0 saturated heterocycles. The Morgan fingerprint density at radius 3 is 2.43 bits per heavy atom. The van der Waals surface area contributed by atoms with Gasteiger partial charge in [-0.05, 0) is 43.3 Å². The maximum absolute atomic E-state index is 12.9. The summed E-state index contributed by atoms with van der Waals surface area (Å²) in [6, 6.07) is 6.12. The molecule has 5 nitrogen and oxygen atoms in total. The van der Waals surface area contributed by atoms with E-state index in [4.69, 9.17) is 11.6 Å². The molecule has 154 valence electrons. The molecule has 9 heteroatoms. The SMILES string of the molecule is CCN(CC)CCN(Cc1cc(Cl)ccc1C)C(=O)c1cc(C(F)(F)F)[nH]n1. The van der Waals surface area contributed by atoms with Crippen molar-refractivity contribution >= 4 is 17.5 Å². The van der Waals surface area contributed by atoms with Crippen molar-refractivity contribution in [3.8, 4) is 0 Å². The third kappa shape index (κ3) is 5.72. The lowest BCUT2D eigenvalue weighted by Gasteiger charge is -2.26. The van der Waals surface area contributed by atoms with Gasteiger partial charge in [0, 0.05) is 30.7 Å². The Morgan fingerprint density at radius 1 is 1.18 bits per heavy atom. The average Bonchev–Trinajstić information content (AvgIpc) is 3.14. The molecule has 0 atom stereocenters. The molecule has 0 aliphatic rings. The van der Waals surface area contributed by atoms with Crippen LogP contribution in [0, 0.1) is 6.92 Å². The van der Waals surface area contributed by atoms with Crippen LogP contribution in [-0.2, 0) is 12.7 Å². The minimum atomic E-state index is -4.58. The Bertz CT molecular complexity index is 803. The number of likely N-dealkylation sites (N-methyl/N-ethyl adjacent to an activating group) is 1. The van der Waals surface area contributed by atoms with Gasteiger partial charge >= 0.3 is 6.18 Å². The van der Waals surface area contributed by atoms with E-state index in [0.717, 1.165) is 30.3 Å². The summed E-state index contributed by atoms with van der Waals surface area (Å²) >= 11 is 6.07. The maximum Gasteiger partial charge on any atom is 0.432 e. The van der Waals surface area contributed by atoms with E-state index < -0.39 is 17.8 Å². The number of alkyl halides is 3. The first kappa shape index (κ1) is 22.2. The van der Waals surface area contributed by atoms with Gasteiger partial charge in [0.25, 0.3) is 5.91 Å². The molecule has 1 aromatic carbocycles. The van der Waals surface area contributed by atoms with E-state index in [-0.39, 0.29) is 12.2 Å². The quantitative estimate of drug-likeness (QED) is 0.695. The lowest BCUT2D eigenvalue weighted by Crippen LogP contribution is -2.38. The first-order valence-electron chi connectivity index (χ1n) is 9.05. The van der Waals surface area contributed by atoms with Crippen LogP contribution in [0.1, 0.15) is 41.2 Å². The van der Waals surface area contributed by atoms with Crippen molar-refractivity contribution in [2.75, 3.05) is 26.2 Å². The molecule has 0 aliphatic carbocycles. The third-order valence-electron chi connectivity index (χ3n) is 4.64. The number of aromatic nitrogens is 2. The Labute approximate surface area is 167 Å². The molecule has 0 saturated carbocycles. The average molecular weight is 417 g/mol. The van der Waals surface area contributed by atoms with Crippen LogP contribution in [0.3, 0.4) is 0 Å². The van der Waals surface area contributed by atoms with Crippen LogP contribution in [0.2, 0.25) is 5.02 Å². The monoisotopic (exact) mass is 416 g/mol. The zero-order valence-corrected chi connectivity index (χ0v) is 16.9. The predicted molar refractivity (Wildman–Crippen MR) is 102 cm³/mol. The highest BCUT2D eigenvalue weighted by Gasteiger charge is 2.34. The van der Waals surface area contributed by atoms with E-state index in [1.807, 2.05) is 31.9 Å². The highest BCUT2D eigenvalue weighted by atomic mass is 35.5. The summed E-state index contributed by atoms with van der Waals surface area (Å²) in [6.07, 6.45) is -4.58. The smallest absolute Gasteiger partial charge is 0.332 e.